The number of rotatable bonds is 5. The van der Waals surface area contributed by atoms with Crippen LogP contribution in [0.1, 0.15) is 34.8 Å². The molecule has 196 valence electrons. The number of amides is 1. The molecule has 13 heteroatoms. The van der Waals surface area contributed by atoms with Crippen LogP contribution in [0.25, 0.3) is 16.6 Å². The third-order valence-corrected chi connectivity index (χ3v) is 8.62. The number of benzene rings is 2. The molecule has 1 N–H and O–H groups in total. The SMILES string of the molecule is Cc1c(=O)n(C)c(N(I)c2ccc(I)cc2F)c2c(=O)n(C3CC3)c(=O)n(-c3cccc(C(=O)NI)c3)c12. The Morgan fingerprint density at radius 2 is 1.82 bits per heavy atom. The Labute approximate surface area is 256 Å². The highest BCUT2D eigenvalue weighted by molar-refractivity contribution is 14.1. The zero-order valence-corrected chi connectivity index (χ0v) is 26.4. The van der Waals surface area contributed by atoms with Gasteiger partial charge in [0.15, 0.2) is 0 Å². The van der Waals surface area contributed by atoms with Gasteiger partial charge in [-0.2, -0.15) is 0 Å². The predicted molar refractivity (Wildman–Crippen MR) is 169 cm³/mol. The van der Waals surface area contributed by atoms with E-state index in [2.05, 4.69) is 3.53 Å². The summed E-state index contributed by atoms with van der Waals surface area (Å²) in [6, 6.07) is 10.8. The number of aryl methyl sites for hydroxylation is 1. The molecule has 0 saturated heterocycles. The number of carbonyl (C=O) groups excluding carboxylic acids is 1. The standard InChI is InChI=1S/C25H19FI3N5O4/c1-12-20-19(22(31(2)23(12)36)34(29)18-9-6-14(27)11-17(18)26)24(37)33(15-7-8-15)25(38)32(20)16-5-3-4-13(10-16)21(35)30-28/h3-6,9-11,15H,7-8H2,1-2H3,(H,30,35). The van der Waals surface area contributed by atoms with E-state index >= 15 is 4.39 Å². The summed E-state index contributed by atoms with van der Waals surface area (Å²) in [7, 11) is 1.52. The number of fused-ring (bicyclic) bond motifs is 1. The third-order valence-electron chi connectivity index (χ3n) is 6.48. The van der Waals surface area contributed by atoms with Gasteiger partial charge < -0.3 is 0 Å². The van der Waals surface area contributed by atoms with Gasteiger partial charge in [-0.25, -0.2) is 9.18 Å². The lowest BCUT2D eigenvalue weighted by atomic mass is 10.1. The molecular weight excluding hydrogens is 834 g/mol. The highest BCUT2D eigenvalue weighted by atomic mass is 127. The van der Waals surface area contributed by atoms with Crippen LogP contribution in [0.3, 0.4) is 0 Å². The molecule has 9 nitrogen and oxygen atoms in total. The quantitative estimate of drug-likeness (QED) is 0.230. The van der Waals surface area contributed by atoms with Crippen molar-refractivity contribution in [1.29, 1.82) is 0 Å². The average Bonchev–Trinajstić information content (AvgIpc) is 3.72. The second-order valence-corrected chi connectivity index (χ2v) is 11.7. The number of hydrogen-bond donors (Lipinski definition) is 1. The number of aromatic nitrogens is 3. The van der Waals surface area contributed by atoms with Gasteiger partial charge in [0.05, 0.1) is 62.6 Å². The van der Waals surface area contributed by atoms with E-state index in [1.807, 2.05) is 45.5 Å². The number of pyridine rings is 1. The largest absolute Gasteiger partial charge is 0.336 e. The van der Waals surface area contributed by atoms with Crippen molar-refractivity contribution in [3.05, 3.63) is 94.2 Å². The molecule has 1 amide bonds. The van der Waals surface area contributed by atoms with E-state index < -0.39 is 22.6 Å². The van der Waals surface area contributed by atoms with Crippen molar-refractivity contribution >= 4 is 96.6 Å². The Bertz CT molecular complexity index is 1830. The molecule has 0 aliphatic heterocycles. The lowest BCUT2D eigenvalue weighted by molar-refractivity contribution is 0.0989. The van der Waals surface area contributed by atoms with Crippen LogP contribution in [0.2, 0.25) is 0 Å². The van der Waals surface area contributed by atoms with E-state index in [1.54, 1.807) is 60.1 Å². The molecule has 0 spiro atoms. The molecule has 1 aliphatic rings. The highest BCUT2D eigenvalue weighted by Gasteiger charge is 2.32. The average molecular weight is 853 g/mol. The zero-order chi connectivity index (χ0) is 27.5. The van der Waals surface area contributed by atoms with Gasteiger partial charge >= 0.3 is 5.69 Å². The van der Waals surface area contributed by atoms with Crippen molar-refractivity contribution in [2.45, 2.75) is 25.8 Å². The summed E-state index contributed by atoms with van der Waals surface area (Å²) in [6.07, 6.45) is 1.33. The van der Waals surface area contributed by atoms with Gasteiger partial charge in [-0.05, 0) is 78.8 Å². The van der Waals surface area contributed by atoms with E-state index in [0.717, 1.165) is 0 Å². The minimum atomic E-state index is -0.597. The Morgan fingerprint density at radius 3 is 2.45 bits per heavy atom. The summed E-state index contributed by atoms with van der Waals surface area (Å²) in [5.74, 6) is -0.743. The summed E-state index contributed by atoms with van der Waals surface area (Å²) in [6.45, 7) is 1.55. The minimum absolute atomic E-state index is 0.104. The molecule has 1 fully saturated rings. The minimum Gasteiger partial charge on any atom is -0.296 e. The van der Waals surface area contributed by atoms with E-state index in [9.17, 15) is 19.2 Å². The van der Waals surface area contributed by atoms with Crippen LogP contribution < -0.4 is 23.5 Å². The smallest absolute Gasteiger partial charge is 0.296 e. The first-order chi connectivity index (χ1) is 18.1. The monoisotopic (exact) mass is 853 g/mol. The second kappa shape index (κ2) is 10.4. The van der Waals surface area contributed by atoms with Crippen LogP contribution >= 0.6 is 68.3 Å². The van der Waals surface area contributed by atoms with Crippen molar-refractivity contribution in [1.82, 2.24) is 17.2 Å². The Morgan fingerprint density at radius 1 is 1.11 bits per heavy atom. The van der Waals surface area contributed by atoms with Crippen LogP contribution in [0.4, 0.5) is 15.9 Å². The number of carbonyl (C=O) groups is 1. The number of anilines is 2. The molecule has 5 rings (SSSR count). The van der Waals surface area contributed by atoms with Crippen LogP contribution in [0.5, 0.6) is 0 Å². The van der Waals surface area contributed by atoms with E-state index in [0.29, 0.717) is 27.7 Å². The zero-order valence-electron chi connectivity index (χ0n) is 20.0. The van der Waals surface area contributed by atoms with Crippen LogP contribution in [-0.2, 0) is 7.05 Å². The van der Waals surface area contributed by atoms with Gasteiger partial charge in [-0.3, -0.25) is 34.7 Å². The van der Waals surface area contributed by atoms with Crippen LogP contribution in [-0.4, -0.2) is 19.6 Å². The maximum absolute atomic E-state index is 15.1. The first-order valence-corrected chi connectivity index (χ1v) is 14.5. The normalized spacial score (nSPS) is 13.1. The lowest BCUT2D eigenvalue weighted by Gasteiger charge is -2.25. The van der Waals surface area contributed by atoms with Crippen molar-refractivity contribution in [2.75, 3.05) is 3.11 Å². The molecule has 1 saturated carbocycles. The van der Waals surface area contributed by atoms with Gasteiger partial charge in [-0.15, -0.1) is 0 Å². The predicted octanol–water partition coefficient (Wildman–Crippen LogP) is 4.81. The molecule has 2 aromatic carbocycles. The molecule has 38 heavy (non-hydrogen) atoms. The van der Waals surface area contributed by atoms with Crippen molar-refractivity contribution < 1.29 is 9.18 Å². The maximum Gasteiger partial charge on any atom is 0.336 e. The van der Waals surface area contributed by atoms with Gasteiger partial charge in [0.2, 0.25) is 0 Å². The molecule has 1 aliphatic carbocycles. The van der Waals surface area contributed by atoms with Gasteiger partial charge in [-0.1, -0.05) is 6.07 Å². The Balaban J connectivity index is 1.96. The molecule has 0 atom stereocenters. The molecule has 4 aromatic rings. The summed E-state index contributed by atoms with van der Waals surface area (Å²) in [5, 5.41) is 0.104. The maximum atomic E-state index is 15.1. The van der Waals surface area contributed by atoms with E-state index in [1.165, 1.54) is 36.0 Å². The number of nitrogens with zero attached hydrogens (tertiary/aromatic N) is 4. The summed E-state index contributed by atoms with van der Waals surface area (Å²) in [4.78, 5) is 53.7. The molecule has 0 unspecified atom stereocenters. The number of hydrogen-bond acceptors (Lipinski definition) is 5. The van der Waals surface area contributed by atoms with E-state index in [4.69, 9.17) is 0 Å². The van der Waals surface area contributed by atoms with Gasteiger partial charge in [0, 0.05) is 27.8 Å². The Hall–Kier alpha value is -2.28. The Kier molecular flexibility index (Phi) is 7.44. The molecule has 0 bridgehead atoms. The lowest BCUT2D eigenvalue weighted by Crippen LogP contribution is -2.41. The molecule has 0 radical (unpaired) electrons. The highest BCUT2D eigenvalue weighted by Crippen LogP contribution is 2.37. The fraction of sp³-hybridized carbons (Fsp3) is 0.200. The fourth-order valence-corrected chi connectivity index (χ4v) is 6.24. The van der Waals surface area contributed by atoms with Crippen LogP contribution in [0.15, 0.2) is 56.8 Å². The molecule has 2 aromatic heterocycles. The molecule has 2 heterocycles. The number of halogens is 4. The summed E-state index contributed by atoms with van der Waals surface area (Å²) >= 11 is 5.60. The van der Waals surface area contributed by atoms with Crippen molar-refractivity contribution in [3.8, 4) is 5.69 Å². The number of nitrogens with one attached hydrogen (secondary N) is 1. The van der Waals surface area contributed by atoms with Crippen LogP contribution in [0, 0.1) is 16.3 Å². The molecular formula is C25H19FI3N5O4. The fourth-order valence-electron chi connectivity index (χ4n) is 4.52. The third kappa shape index (κ3) is 4.48. The first kappa shape index (κ1) is 27.3. The first-order valence-electron chi connectivity index (χ1n) is 11.4. The van der Waals surface area contributed by atoms with Gasteiger partial charge in [0.25, 0.3) is 17.0 Å². The van der Waals surface area contributed by atoms with Crippen molar-refractivity contribution in [2.24, 2.45) is 7.05 Å². The summed E-state index contributed by atoms with van der Waals surface area (Å²) < 4.78 is 23.5. The van der Waals surface area contributed by atoms with E-state index in [-0.39, 0.29) is 39.9 Å². The van der Waals surface area contributed by atoms with Crippen molar-refractivity contribution in [3.63, 3.8) is 0 Å². The second-order valence-electron chi connectivity index (χ2n) is 8.91. The topological polar surface area (TPSA) is 98.3 Å². The summed E-state index contributed by atoms with van der Waals surface area (Å²) in [5.41, 5.74) is -0.505. The van der Waals surface area contributed by atoms with Gasteiger partial charge in [0.1, 0.15) is 17.0 Å².